The molecule has 7 heteroatoms. The molecule has 0 bridgehead atoms. The molecule has 0 unspecified atom stereocenters. The van der Waals surface area contributed by atoms with Crippen LogP contribution < -0.4 is 16.4 Å². The van der Waals surface area contributed by atoms with Gasteiger partial charge in [-0.3, -0.25) is 9.59 Å². The maximum Gasteiger partial charge on any atom is 0.253 e. The Morgan fingerprint density at radius 2 is 1.85 bits per heavy atom. The van der Waals surface area contributed by atoms with Crippen molar-refractivity contribution in [1.29, 1.82) is 0 Å². The number of hydrogen-bond acceptors (Lipinski definition) is 3. The van der Waals surface area contributed by atoms with Crippen molar-refractivity contribution >= 4 is 41.5 Å². The van der Waals surface area contributed by atoms with Gasteiger partial charge in [-0.05, 0) is 51.3 Å². The number of benzene rings is 1. The van der Waals surface area contributed by atoms with Gasteiger partial charge in [-0.25, -0.2) is 0 Å². The van der Waals surface area contributed by atoms with Crippen LogP contribution in [0.4, 0.5) is 5.69 Å². The molecule has 0 aliphatic heterocycles. The number of rotatable bonds is 5. The first kappa shape index (κ1) is 22.7. The number of nitrogens with two attached hydrogens (primary N) is 1. The molecule has 2 rings (SSSR count). The van der Waals surface area contributed by atoms with Gasteiger partial charge in [0, 0.05) is 11.2 Å². The van der Waals surface area contributed by atoms with Gasteiger partial charge in [-0.1, -0.05) is 37.8 Å². The van der Waals surface area contributed by atoms with Gasteiger partial charge in [-0.15, -0.1) is 12.4 Å². The van der Waals surface area contributed by atoms with Crippen molar-refractivity contribution in [2.75, 3.05) is 5.32 Å². The molecule has 0 heterocycles. The fraction of sp³-hybridized carbons (Fsp3) is 0.579. The molecule has 1 fully saturated rings. The monoisotopic (exact) mass is 401 g/mol. The Balaban J connectivity index is 0.00000338. The third-order valence-electron chi connectivity index (χ3n) is 5.01. The highest BCUT2D eigenvalue weighted by molar-refractivity contribution is 6.34. The molecule has 0 aromatic heterocycles. The summed E-state index contributed by atoms with van der Waals surface area (Å²) in [5, 5.41) is 6.09. The molecule has 1 aromatic carbocycles. The summed E-state index contributed by atoms with van der Waals surface area (Å²) in [5.74, 6) is -0.412. The van der Waals surface area contributed by atoms with Crippen LogP contribution in [0.2, 0.25) is 5.02 Å². The van der Waals surface area contributed by atoms with E-state index < -0.39 is 5.54 Å². The van der Waals surface area contributed by atoms with Crippen LogP contribution in [0.5, 0.6) is 0 Å². The highest BCUT2D eigenvalue weighted by Crippen LogP contribution is 2.28. The second-order valence-electron chi connectivity index (χ2n) is 7.56. The van der Waals surface area contributed by atoms with E-state index in [0.29, 0.717) is 29.1 Å². The van der Waals surface area contributed by atoms with Crippen molar-refractivity contribution in [3.63, 3.8) is 0 Å². The van der Waals surface area contributed by atoms with E-state index in [1.807, 2.05) is 20.8 Å². The van der Waals surface area contributed by atoms with Gasteiger partial charge in [-0.2, -0.15) is 0 Å². The lowest BCUT2D eigenvalue weighted by Gasteiger charge is -2.31. The molecule has 1 aliphatic carbocycles. The zero-order valence-corrected chi connectivity index (χ0v) is 17.2. The van der Waals surface area contributed by atoms with Crippen LogP contribution in [0.3, 0.4) is 0 Å². The van der Waals surface area contributed by atoms with Crippen molar-refractivity contribution in [2.24, 2.45) is 5.73 Å². The summed E-state index contributed by atoms with van der Waals surface area (Å²) >= 11 is 6.26. The van der Waals surface area contributed by atoms with E-state index in [0.717, 1.165) is 25.7 Å². The topological polar surface area (TPSA) is 84.2 Å². The van der Waals surface area contributed by atoms with Gasteiger partial charge >= 0.3 is 0 Å². The van der Waals surface area contributed by atoms with E-state index in [4.69, 9.17) is 17.3 Å². The number of nitrogens with one attached hydrogen (secondary N) is 2. The summed E-state index contributed by atoms with van der Waals surface area (Å²) in [6, 6.07) is 4.91. The zero-order valence-electron chi connectivity index (χ0n) is 15.7. The normalized spacial score (nSPS) is 16.3. The Morgan fingerprint density at radius 3 is 2.38 bits per heavy atom. The Bertz CT molecular complexity index is 656. The molecule has 146 valence electrons. The van der Waals surface area contributed by atoms with Gasteiger partial charge in [0.25, 0.3) is 5.91 Å². The number of anilines is 1. The third kappa shape index (κ3) is 5.60. The predicted octanol–water partition coefficient (Wildman–Crippen LogP) is 4.28. The molecule has 0 atom stereocenters. The van der Waals surface area contributed by atoms with Crippen molar-refractivity contribution in [3.8, 4) is 0 Å². The van der Waals surface area contributed by atoms with E-state index in [-0.39, 0.29) is 29.8 Å². The SMILES string of the molecule is CCC(C)(C)NC(=O)c1ccc(NC(=O)C2(N)CCCCC2)cc1Cl.Cl. The van der Waals surface area contributed by atoms with Crippen LogP contribution in [-0.4, -0.2) is 22.9 Å². The van der Waals surface area contributed by atoms with E-state index in [1.165, 1.54) is 0 Å². The lowest BCUT2D eigenvalue weighted by Crippen LogP contribution is -2.52. The molecule has 0 spiro atoms. The fourth-order valence-electron chi connectivity index (χ4n) is 2.91. The van der Waals surface area contributed by atoms with Crippen molar-refractivity contribution in [2.45, 2.75) is 70.4 Å². The fourth-order valence-corrected chi connectivity index (χ4v) is 3.17. The number of halogens is 2. The first-order valence-electron chi connectivity index (χ1n) is 8.89. The lowest BCUT2D eigenvalue weighted by molar-refractivity contribution is -0.122. The standard InChI is InChI=1S/C19H28ClN3O2.ClH/c1-4-18(2,3)23-16(24)14-9-8-13(12-15(14)20)22-17(25)19(21)10-6-5-7-11-19;/h8-9,12H,4-7,10-11,21H2,1-3H3,(H,22,25)(H,23,24);1H. The van der Waals surface area contributed by atoms with Crippen LogP contribution in [0, 0.1) is 0 Å². The molecular weight excluding hydrogens is 373 g/mol. The maximum absolute atomic E-state index is 12.5. The summed E-state index contributed by atoms with van der Waals surface area (Å²) < 4.78 is 0. The van der Waals surface area contributed by atoms with Crippen LogP contribution in [0.25, 0.3) is 0 Å². The van der Waals surface area contributed by atoms with Gasteiger partial charge in [0.1, 0.15) is 0 Å². The summed E-state index contributed by atoms with van der Waals surface area (Å²) in [6.07, 6.45) is 5.26. The molecule has 2 amide bonds. The minimum Gasteiger partial charge on any atom is -0.347 e. The summed E-state index contributed by atoms with van der Waals surface area (Å²) in [7, 11) is 0. The third-order valence-corrected chi connectivity index (χ3v) is 5.32. The minimum absolute atomic E-state index is 0. The average molecular weight is 402 g/mol. The van der Waals surface area contributed by atoms with Gasteiger partial charge < -0.3 is 16.4 Å². The Kier molecular flexibility index (Phi) is 7.93. The average Bonchev–Trinajstić information content (AvgIpc) is 2.55. The molecule has 5 nitrogen and oxygen atoms in total. The van der Waals surface area contributed by atoms with Crippen LogP contribution in [-0.2, 0) is 4.79 Å². The minimum atomic E-state index is -0.814. The largest absolute Gasteiger partial charge is 0.347 e. The van der Waals surface area contributed by atoms with Crippen molar-refractivity contribution in [1.82, 2.24) is 5.32 Å². The molecule has 26 heavy (non-hydrogen) atoms. The predicted molar refractivity (Wildman–Crippen MR) is 109 cm³/mol. The molecule has 0 radical (unpaired) electrons. The number of carbonyl (C=O) groups excluding carboxylic acids is 2. The van der Waals surface area contributed by atoms with Gasteiger partial charge in [0.2, 0.25) is 5.91 Å². The quantitative estimate of drug-likeness (QED) is 0.687. The second kappa shape index (κ2) is 9.07. The van der Waals surface area contributed by atoms with Crippen LogP contribution in [0.15, 0.2) is 18.2 Å². The maximum atomic E-state index is 12.5. The zero-order chi connectivity index (χ0) is 18.7. The Labute approximate surface area is 166 Å². The van der Waals surface area contributed by atoms with E-state index in [1.54, 1.807) is 18.2 Å². The number of amides is 2. The number of hydrogen-bond donors (Lipinski definition) is 3. The van der Waals surface area contributed by atoms with Crippen molar-refractivity contribution < 1.29 is 9.59 Å². The highest BCUT2D eigenvalue weighted by atomic mass is 35.5. The smallest absolute Gasteiger partial charge is 0.253 e. The first-order chi connectivity index (χ1) is 11.7. The van der Waals surface area contributed by atoms with E-state index in [9.17, 15) is 9.59 Å². The van der Waals surface area contributed by atoms with Crippen LogP contribution >= 0.6 is 24.0 Å². The van der Waals surface area contributed by atoms with E-state index in [2.05, 4.69) is 10.6 Å². The number of carbonyl (C=O) groups is 2. The molecule has 0 saturated heterocycles. The first-order valence-corrected chi connectivity index (χ1v) is 9.27. The molecule has 1 aliphatic rings. The summed E-state index contributed by atoms with van der Waals surface area (Å²) in [5.41, 5.74) is 6.07. The molecule has 1 saturated carbocycles. The molecule has 4 N–H and O–H groups in total. The highest BCUT2D eigenvalue weighted by Gasteiger charge is 2.35. The van der Waals surface area contributed by atoms with Gasteiger partial charge in [0.15, 0.2) is 0 Å². The summed E-state index contributed by atoms with van der Waals surface area (Å²) in [4.78, 5) is 24.9. The second-order valence-corrected chi connectivity index (χ2v) is 7.96. The van der Waals surface area contributed by atoms with Gasteiger partial charge in [0.05, 0.1) is 16.1 Å². The molecular formula is C19H29Cl2N3O2. The Morgan fingerprint density at radius 1 is 1.23 bits per heavy atom. The summed E-state index contributed by atoms with van der Waals surface area (Å²) in [6.45, 7) is 5.92. The van der Waals surface area contributed by atoms with Crippen molar-refractivity contribution in [3.05, 3.63) is 28.8 Å². The van der Waals surface area contributed by atoms with E-state index >= 15 is 0 Å². The molecule has 1 aromatic rings. The van der Waals surface area contributed by atoms with Crippen LogP contribution in [0.1, 0.15) is 69.7 Å². The Hall–Kier alpha value is -1.30. The lowest BCUT2D eigenvalue weighted by atomic mass is 9.82.